The van der Waals surface area contributed by atoms with Crippen LogP contribution in [-0.2, 0) is 20.7 Å². The first-order valence-electron chi connectivity index (χ1n) is 8.27. The van der Waals surface area contributed by atoms with Gasteiger partial charge in [0.1, 0.15) is 0 Å². The van der Waals surface area contributed by atoms with Crippen LogP contribution in [0.1, 0.15) is 33.9 Å². The van der Waals surface area contributed by atoms with Crippen LogP contribution < -0.4 is 10.6 Å². The maximum Gasteiger partial charge on any atom is 0.312 e. The number of carbonyl (C=O) groups excluding carboxylic acids is 3. The molecule has 2 aromatic rings. The maximum atomic E-state index is 12.0. The third kappa shape index (κ3) is 5.38. The van der Waals surface area contributed by atoms with E-state index in [9.17, 15) is 14.4 Å². The Balaban J connectivity index is 1.46. The van der Waals surface area contributed by atoms with Crippen LogP contribution >= 0.6 is 11.3 Å². The molecule has 26 heavy (non-hydrogen) atoms. The van der Waals surface area contributed by atoms with Crippen LogP contribution in [0.4, 0.5) is 5.69 Å². The van der Waals surface area contributed by atoms with Crippen molar-refractivity contribution in [1.82, 2.24) is 10.3 Å². The molecule has 1 saturated carbocycles. The van der Waals surface area contributed by atoms with E-state index in [4.69, 9.17) is 4.74 Å². The van der Waals surface area contributed by atoms with E-state index in [1.807, 2.05) is 6.92 Å². The summed E-state index contributed by atoms with van der Waals surface area (Å²) in [5.74, 6) is -1.14. The number of anilines is 1. The minimum Gasteiger partial charge on any atom is -0.455 e. The molecule has 1 aromatic carbocycles. The third-order valence-electron chi connectivity index (χ3n) is 3.68. The average Bonchev–Trinajstić information content (AvgIpc) is 3.33. The van der Waals surface area contributed by atoms with E-state index >= 15 is 0 Å². The van der Waals surface area contributed by atoms with Gasteiger partial charge >= 0.3 is 5.97 Å². The van der Waals surface area contributed by atoms with Gasteiger partial charge in [0.2, 0.25) is 0 Å². The summed E-state index contributed by atoms with van der Waals surface area (Å²) in [7, 11) is 0. The van der Waals surface area contributed by atoms with Gasteiger partial charge in [-0.05, 0) is 38.0 Å². The zero-order chi connectivity index (χ0) is 18.5. The van der Waals surface area contributed by atoms with Crippen molar-refractivity contribution in [2.45, 2.75) is 32.2 Å². The second-order valence-electron chi connectivity index (χ2n) is 6.07. The molecular weight excluding hydrogens is 354 g/mol. The van der Waals surface area contributed by atoms with Gasteiger partial charge in [-0.2, -0.15) is 0 Å². The molecule has 8 heteroatoms. The molecule has 7 nitrogen and oxygen atoms in total. The van der Waals surface area contributed by atoms with Crippen LogP contribution in [0.25, 0.3) is 0 Å². The zero-order valence-electron chi connectivity index (χ0n) is 14.3. The number of hydrogen-bond donors (Lipinski definition) is 2. The van der Waals surface area contributed by atoms with Gasteiger partial charge in [-0.3, -0.25) is 14.4 Å². The Morgan fingerprint density at radius 3 is 2.81 bits per heavy atom. The summed E-state index contributed by atoms with van der Waals surface area (Å²) < 4.78 is 4.96. The minimum absolute atomic E-state index is 0.0362. The summed E-state index contributed by atoms with van der Waals surface area (Å²) >= 11 is 1.45. The Morgan fingerprint density at radius 1 is 1.31 bits per heavy atom. The van der Waals surface area contributed by atoms with Gasteiger partial charge in [0, 0.05) is 22.7 Å². The average molecular weight is 373 g/mol. The van der Waals surface area contributed by atoms with Crippen LogP contribution in [0, 0.1) is 6.92 Å². The largest absolute Gasteiger partial charge is 0.455 e. The van der Waals surface area contributed by atoms with Gasteiger partial charge < -0.3 is 15.4 Å². The van der Waals surface area contributed by atoms with E-state index in [1.165, 1.54) is 11.3 Å². The first-order valence-corrected chi connectivity index (χ1v) is 9.15. The number of rotatable bonds is 7. The Hall–Kier alpha value is -2.74. The van der Waals surface area contributed by atoms with E-state index < -0.39 is 11.9 Å². The van der Waals surface area contributed by atoms with Crippen LogP contribution in [0.5, 0.6) is 0 Å². The highest BCUT2D eigenvalue weighted by Gasteiger charge is 2.23. The van der Waals surface area contributed by atoms with Crippen molar-refractivity contribution < 1.29 is 19.1 Å². The highest BCUT2D eigenvalue weighted by molar-refractivity contribution is 7.09. The summed E-state index contributed by atoms with van der Waals surface area (Å²) in [6.07, 6.45) is 2.05. The Bertz CT molecular complexity index is 829. The lowest BCUT2D eigenvalue weighted by Crippen LogP contribution is -2.25. The molecule has 0 spiro atoms. The fraction of sp³-hybridized carbons (Fsp3) is 0.333. The van der Waals surface area contributed by atoms with Crippen LogP contribution in [0.3, 0.4) is 0 Å². The van der Waals surface area contributed by atoms with Gasteiger partial charge in [-0.1, -0.05) is 6.07 Å². The maximum absolute atomic E-state index is 12.0. The lowest BCUT2D eigenvalue weighted by Gasteiger charge is -2.08. The van der Waals surface area contributed by atoms with Crippen molar-refractivity contribution in [2.24, 2.45) is 0 Å². The molecule has 0 bridgehead atoms. The molecule has 136 valence electrons. The van der Waals surface area contributed by atoms with Gasteiger partial charge in [-0.25, -0.2) is 4.98 Å². The SMILES string of the molecule is Cc1nc(CC(=O)OCC(=O)Nc2cccc(C(=O)NC3CC3)c2)cs1. The zero-order valence-corrected chi connectivity index (χ0v) is 15.1. The molecule has 1 heterocycles. The first kappa shape index (κ1) is 18.1. The predicted octanol–water partition coefficient (Wildman–Crippen LogP) is 2.07. The molecule has 0 aliphatic heterocycles. The number of benzene rings is 1. The van der Waals surface area contributed by atoms with E-state index in [0.29, 0.717) is 16.9 Å². The number of aryl methyl sites for hydroxylation is 1. The van der Waals surface area contributed by atoms with Crippen molar-refractivity contribution in [1.29, 1.82) is 0 Å². The molecule has 1 aliphatic carbocycles. The molecule has 0 unspecified atom stereocenters. The number of thiazole rings is 1. The summed E-state index contributed by atoms with van der Waals surface area (Å²) in [5.41, 5.74) is 1.59. The second-order valence-corrected chi connectivity index (χ2v) is 7.13. The molecule has 2 N–H and O–H groups in total. The second kappa shape index (κ2) is 8.09. The molecule has 0 radical (unpaired) electrons. The molecule has 0 saturated heterocycles. The Labute approximate surface area is 154 Å². The Kier molecular flexibility index (Phi) is 5.62. The number of nitrogens with one attached hydrogen (secondary N) is 2. The van der Waals surface area contributed by atoms with Crippen molar-refractivity contribution in [3.63, 3.8) is 0 Å². The standard InChI is InChI=1S/C18H19N3O4S/c1-11-19-15(10-26-11)8-17(23)25-9-16(22)20-14-4-2-3-12(7-14)18(24)21-13-5-6-13/h2-4,7,10,13H,5-6,8-9H2,1H3,(H,20,22)(H,21,24). The number of esters is 1. The van der Waals surface area contributed by atoms with Gasteiger partial charge in [0.15, 0.2) is 6.61 Å². The number of aromatic nitrogens is 1. The fourth-order valence-corrected chi connectivity index (χ4v) is 2.88. The van der Waals surface area contributed by atoms with Crippen LogP contribution in [0.2, 0.25) is 0 Å². The van der Waals surface area contributed by atoms with Gasteiger partial charge in [-0.15, -0.1) is 11.3 Å². The summed E-state index contributed by atoms with van der Waals surface area (Å²) in [6.45, 7) is 1.46. The minimum atomic E-state index is -0.511. The van der Waals surface area contributed by atoms with E-state index in [0.717, 1.165) is 17.8 Å². The van der Waals surface area contributed by atoms with Crippen LogP contribution in [0.15, 0.2) is 29.6 Å². The van der Waals surface area contributed by atoms with Crippen molar-refractivity contribution in [2.75, 3.05) is 11.9 Å². The highest BCUT2D eigenvalue weighted by atomic mass is 32.1. The molecule has 1 aromatic heterocycles. The third-order valence-corrected chi connectivity index (χ3v) is 4.50. The molecule has 3 rings (SSSR count). The number of carbonyl (C=O) groups is 3. The quantitative estimate of drug-likeness (QED) is 0.724. The molecule has 0 atom stereocenters. The summed E-state index contributed by atoms with van der Waals surface area (Å²) in [5, 5.41) is 8.17. The monoisotopic (exact) mass is 373 g/mol. The number of amides is 2. The lowest BCUT2D eigenvalue weighted by atomic mass is 10.2. The van der Waals surface area contributed by atoms with Gasteiger partial charge in [0.25, 0.3) is 11.8 Å². The van der Waals surface area contributed by atoms with Crippen molar-refractivity contribution >= 4 is 34.8 Å². The van der Waals surface area contributed by atoms with Crippen molar-refractivity contribution in [3.8, 4) is 0 Å². The van der Waals surface area contributed by atoms with E-state index in [2.05, 4.69) is 15.6 Å². The molecular formula is C18H19N3O4S. The number of ether oxygens (including phenoxy) is 1. The number of nitrogens with zero attached hydrogens (tertiary/aromatic N) is 1. The fourth-order valence-electron chi connectivity index (χ4n) is 2.27. The molecule has 1 aliphatic rings. The lowest BCUT2D eigenvalue weighted by molar-refractivity contribution is -0.146. The normalized spacial score (nSPS) is 13.1. The van der Waals surface area contributed by atoms with Crippen LogP contribution in [-0.4, -0.2) is 35.4 Å². The van der Waals surface area contributed by atoms with Gasteiger partial charge in [0.05, 0.1) is 17.1 Å². The summed E-state index contributed by atoms with van der Waals surface area (Å²) in [6, 6.07) is 6.90. The van der Waals surface area contributed by atoms with Crippen molar-refractivity contribution in [3.05, 3.63) is 45.9 Å². The van der Waals surface area contributed by atoms with E-state index in [-0.39, 0.29) is 25.0 Å². The highest BCUT2D eigenvalue weighted by Crippen LogP contribution is 2.20. The molecule has 1 fully saturated rings. The first-order chi connectivity index (χ1) is 12.5. The number of hydrogen-bond acceptors (Lipinski definition) is 6. The topological polar surface area (TPSA) is 97.4 Å². The molecule has 2 amide bonds. The van der Waals surface area contributed by atoms with E-state index in [1.54, 1.807) is 29.6 Å². The smallest absolute Gasteiger partial charge is 0.312 e. The Morgan fingerprint density at radius 2 is 2.12 bits per heavy atom. The predicted molar refractivity (Wildman–Crippen MR) is 97.1 cm³/mol. The summed E-state index contributed by atoms with van der Waals surface area (Å²) in [4.78, 5) is 39.9.